The number of hydrogen-bond acceptors (Lipinski definition) is 5. The number of fused-ring (bicyclic) bond motifs is 1. The number of carbonyl (C=O) groups excluding carboxylic acids is 1. The van der Waals surface area contributed by atoms with Crippen LogP contribution in [0, 0.1) is 6.92 Å². The van der Waals surface area contributed by atoms with Gasteiger partial charge in [0.1, 0.15) is 24.0 Å². The van der Waals surface area contributed by atoms with Crippen LogP contribution >= 0.6 is 0 Å². The van der Waals surface area contributed by atoms with Crippen molar-refractivity contribution in [3.63, 3.8) is 0 Å². The van der Waals surface area contributed by atoms with Crippen molar-refractivity contribution in [1.29, 1.82) is 0 Å². The van der Waals surface area contributed by atoms with E-state index in [1.54, 1.807) is 10.7 Å². The highest BCUT2D eigenvalue weighted by Crippen LogP contribution is 2.25. The minimum absolute atomic E-state index is 0.173. The number of ether oxygens (including phenoxy) is 1. The molecule has 0 aliphatic heterocycles. The van der Waals surface area contributed by atoms with Crippen molar-refractivity contribution < 1.29 is 9.53 Å². The summed E-state index contributed by atoms with van der Waals surface area (Å²) in [6.07, 6.45) is 2.86. The van der Waals surface area contributed by atoms with Crippen molar-refractivity contribution in [2.45, 2.75) is 33.2 Å². The maximum absolute atomic E-state index is 12.9. The molecule has 2 heterocycles. The number of nitrogens with zero attached hydrogens (tertiary/aromatic N) is 4. The molecule has 4 aromatic rings. The van der Waals surface area contributed by atoms with Crippen LogP contribution in [0.3, 0.4) is 0 Å². The van der Waals surface area contributed by atoms with Crippen LogP contribution in [0.15, 0.2) is 59.8 Å². The number of nitrogens with one attached hydrogen (secondary N) is 1. The first-order chi connectivity index (χ1) is 15.4. The van der Waals surface area contributed by atoms with Crippen LogP contribution in [-0.4, -0.2) is 32.3 Å². The van der Waals surface area contributed by atoms with E-state index in [1.165, 1.54) is 29.8 Å². The van der Waals surface area contributed by atoms with Gasteiger partial charge in [0.25, 0.3) is 5.56 Å². The Labute approximate surface area is 185 Å². The molecule has 2 aromatic heterocycles. The lowest BCUT2D eigenvalue weighted by atomic mass is 10.0. The summed E-state index contributed by atoms with van der Waals surface area (Å²) in [5, 5.41) is 7.49. The van der Waals surface area contributed by atoms with Gasteiger partial charge in [-0.1, -0.05) is 32.0 Å². The van der Waals surface area contributed by atoms with E-state index in [1.807, 2.05) is 43.3 Å². The van der Waals surface area contributed by atoms with Gasteiger partial charge in [-0.3, -0.25) is 14.2 Å². The van der Waals surface area contributed by atoms with Gasteiger partial charge >= 0.3 is 0 Å². The summed E-state index contributed by atoms with van der Waals surface area (Å²) in [4.78, 5) is 29.9. The minimum atomic E-state index is -0.353. The van der Waals surface area contributed by atoms with Gasteiger partial charge in [0.05, 0.1) is 24.7 Å². The third-order valence-electron chi connectivity index (χ3n) is 5.30. The number of methoxy groups -OCH3 is 1. The molecule has 164 valence electrons. The molecule has 0 saturated heterocycles. The molecule has 8 nitrogen and oxygen atoms in total. The molecule has 0 spiro atoms. The summed E-state index contributed by atoms with van der Waals surface area (Å²) in [7, 11) is 1.54. The van der Waals surface area contributed by atoms with Crippen LogP contribution in [0.4, 0.5) is 5.69 Å². The molecule has 0 aliphatic rings. The van der Waals surface area contributed by atoms with Crippen LogP contribution in [0.25, 0.3) is 16.7 Å². The number of aryl methyl sites for hydroxylation is 1. The molecule has 1 amide bonds. The molecule has 0 atom stereocenters. The molecule has 0 bridgehead atoms. The van der Waals surface area contributed by atoms with Crippen molar-refractivity contribution in [2.75, 3.05) is 12.4 Å². The molecule has 4 rings (SSSR count). The third-order valence-corrected chi connectivity index (χ3v) is 5.30. The van der Waals surface area contributed by atoms with E-state index in [0.29, 0.717) is 28.4 Å². The zero-order valence-electron chi connectivity index (χ0n) is 18.5. The SMILES string of the molecule is COc1ccc(C)cc1NC(=O)Cn1cnc2c(cnn2-c2ccc(C(C)C)cc2)c1=O. The maximum Gasteiger partial charge on any atom is 0.264 e. The summed E-state index contributed by atoms with van der Waals surface area (Å²) in [5.41, 5.74) is 3.69. The Bertz CT molecular complexity index is 1340. The fourth-order valence-electron chi connectivity index (χ4n) is 3.51. The summed E-state index contributed by atoms with van der Waals surface area (Å²) in [6, 6.07) is 13.5. The second-order valence-electron chi connectivity index (χ2n) is 7.97. The molecule has 8 heteroatoms. The molecule has 0 aliphatic carbocycles. The average Bonchev–Trinajstić information content (AvgIpc) is 3.21. The Morgan fingerprint density at radius 3 is 2.59 bits per heavy atom. The van der Waals surface area contributed by atoms with Crippen molar-refractivity contribution in [1.82, 2.24) is 19.3 Å². The first-order valence-electron chi connectivity index (χ1n) is 10.4. The summed E-state index contributed by atoms with van der Waals surface area (Å²) < 4.78 is 8.19. The van der Waals surface area contributed by atoms with Crippen molar-refractivity contribution in [3.05, 3.63) is 76.5 Å². The van der Waals surface area contributed by atoms with Gasteiger partial charge in [-0.25, -0.2) is 9.67 Å². The second-order valence-corrected chi connectivity index (χ2v) is 7.97. The first kappa shape index (κ1) is 21.3. The van der Waals surface area contributed by atoms with E-state index in [9.17, 15) is 9.59 Å². The zero-order chi connectivity index (χ0) is 22.8. The van der Waals surface area contributed by atoms with Gasteiger partial charge in [-0.15, -0.1) is 0 Å². The Morgan fingerprint density at radius 1 is 1.16 bits per heavy atom. The van der Waals surface area contributed by atoms with E-state index in [2.05, 4.69) is 29.2 Å². The topological polar surface area (TPSA) is 91.0 Å². The van der Waals surface area contributed by atoms with Crippen LogP contribution < -0.4 is 15.6 Å². The Hall–Kier alpha value is -3.94. The van der Waals surface area contributed by atoms with Crippen LogP contribution in [0.2, 0.25) is 0 Å². The van der Waals surface area contributed by atoms with E-state index in [4.69, 9.17) is 4.74 Å². The van der Waals surface area contributed by atoms with Crippen LogP contribution in [-0.2, 0) is 11.3 Å². The molecule has 0 unspecified atom stereocenters. The predicted molar refractivity (Wildman–Crippen MR) is 124 cm³/mol. The molecule has 1 N–H and O–H groups in total. The Balaban J connectivity index is 1.59. The quantitative estimate of drug-likeness (QED) is 0.503. The molecule has 0 fully saturated rings. The van der Waals surface area contributed by atoms with Gasteiger partial charge in [0, 0.05) is 0 Å². The minimum Gasteiger partial charge on any atom is -0.495 e. The molecule has 2 aromatic carbocycles. The fourth-order valence-corrected chi connectivity index (χ4v) is 3.51. The second kappa shape index (κ2) is 8.66. The number of benzene rings is 2. The van der Waals surface area contributed by atoms with Gasteiger partial charge < -0.3 is 10.1 Å². The number of anilines is 1. The summed E-state index contributed by atoms with van der Waals surface area (Å²) in [5.74, 6) is 0.623. The molecular weight excluding hydrogens is 406 g/mol. The van der Waals surface area contributed by atoms with Crippen molar-refractivity contribution in [2.24, 2.45) is 0 Å². The van der Waals surface area contributed by atoms with E-state index in [-0.39, 0.29) is 18.0 Å². The van der Waals surface area contributed by atoms with Gasteiger partial charge in [0.15, 0.2) is 5.65 Å². The Kier molecular flexibility index (Phi) is 5.77. The fraction of sp³-hybridized carbons (Fsp3) is 0.250. The smallest absolute Gasteiger partial charge is 0.264 e. The number of amides is 1. The number of hydrogen-bond donors (Lipinski definition) is 1. The number of aromatic nitrogens is 4. The third kappa shape index (κ3) is 4.12. The highest BCUT2D eigenvalue weighted by molar-refractivity contribution is 5.92. The average molecular weight is 431 g/mol. The zero-order valence-corrected chi connectivity index (χ0v) is 18.5. The molecule has 32 heavy (non-hydrogen) atoms. The van der Waals surface area contributed by atoms with E-state index < -0.39 is 0 Å². The normalized spacial score (nSPS) is 11.2. The number of carbonyl (C=O) groups is 1. The van der Waals surface area contributed by atoms with Gasteiger partial charge in [-0.2, -0.15) is 5.10 Å². The lowest BCUT2D eigenvalue weighted by Gasteiger charge is -2.12. The van der Waals surface area contributed by atoms with Crippen LogP contribution in [0.1, 0.15) is 30.9 Å². The van der Waals surface area contributed by atoms with Crippen molar-refractivity contribution in [3.8, 4) is 11.4 Å². The van der Waals surface area contributed by atoms with E-state index in [0.717, 1.165) is 11.3 Å². The molecular formula is C24H25N5O3. The van der Waals surface area contributed by atoms with Crippen LogP contribution in [0.5, 0.6) is 5.75 Å². The lowest BCUT2D eigenvalue weighted by Crippen LogP contribution is -2.28. The molecule has 0 saturated carbocycles. The lowest BCUT2D eigenvalue weighted by molar-refractivity contribution is -0.116. The highest BCUT2D eigenvalue weighted by Gasteiger charge is 2.14. The standard InChI is InChI=1S/C24H25N5O3/c1-15(2)17-6-8-18(9-7-17)29-23-19(12-26-29)24(31)28(14-25-23)13-22(30)27-20-11-16(3)5-10-21(20)32-4/h5-12,14-15H,13H2,1-4H3,(H,27,30). The Morgan fingerprint density at radius 2 is 1.91 bits per heavy atom. The predicted octanol–water partition coefficient (Wildman–Crippen LogP) is 3.66. The molecule has 0 radical (unpaired) electrons. The number of rotatable bonds is 6. The largest absolute Gasteiger partial charge is 0.495 e. The summed E-state index contributed by atoms with van der Waals surface area (Å²) >= 11 is 0. The monoisotopic (exact) mass is 431 g/mol. The van der Waals surface area contributed by atoms with E-state index >= 15 is 0 Å². The summed E-state index contributed by atoms with van der Waals surface area (Å²) in [6.45, 7) is 6.01. The first-order valence-corrected chi connectivity index (χ1v) is 10.4. The van der Waals surface area contributed by atoms with Gasteiger partial charge in [-0.05, 0) is 48.2 Å². The van der Waals surface area contributed by atoms with Crippen molar-refractivity contribution >= 4 is 22.6 Å². The van der Waals surface area contributed by atoms with Gasteiger partial charge in [0.2, 0.25) is 5.91 Å². The highest BCUT2D eigenvalue weighted by atomic mass is 16.5. The maximum atomic E-state index is 12.9.